The first-order chi connectivity index (χ1) is 12.7. The fourth-order valence-corrected chi connectivity index (χ4v) is 3.58. The molecule has 0 aliphatic rings. The van der Waals surface area contributed by atoms with Gasteiger partial charge >= 0.3 is 0 Å². The van der Waals surface area contributed by atoms with E-state index in [1.807, 2.05) is 39.1 Å². The number of nitrogens with zero attached hydrogens (tertiary/aromatic N) is 1. The number of hydrogen-bond acceptors (Lipinski definition) is 2. The van der Waals surface area contributed by atoms with Crippen molar-refractivity contribution >= 4 is 30.1 Å². The van der Waals surface area contributed by atoms with Gasteiger partial charge in [-0.3, -0.25) is 9.59 Å². The largest absolute Gasteiger partial charge is 0.348 e. The molecule has 0 fully saturated rings. The standard InChI is InChI=1S/C21H24BN3O2/c1-11(2)25-10-13(4)19-16(7-15(22)8-18(19)25)20(26)23-9-17-12(3)6-14(5)24-21(17)27/h6-8,10-11H,9H2,1-5H3,(H,23,26)(H,24,27). The molecule has 1 amide bonds. The highest BCUT2D eigenvalue weighted by atomic mass is 16.1. The maximum absolute atomic E-state index is 12.9. The highest BCUT2D eigenvalue weighted by Gasteiger charge is 2.17. The van der Waals surface area contributed by atoms with Gasteiger partial charge in [0.05, 0.1) is 0 Å². The number of carbonyl (C=O) groups is 1. The number of carbonyl (C=O) groups excluding carboxylic acids is 1. The molecule has 0 aliphatic carbocycles. The summed E-state index contributed by atoms with van der Waals surface area (Å²) in [7, 11) is 6.06. The van der Waals surface area contributed by atoms with Crippen molar-refractivity contribution in [3.05, 3.63) is 62.7 Å². The van der Waals surface area contributed by atoms with Crippen LogP contribution in [-0.4, -0.2) is 23.3 Å². The number of aromatic amines is 1. The monoisotopic (exact) mass is 361 g/mol. The molecule has 27 heavy (non-hydrogen) atoms. The Kier molecular flexibility index (Phi) is 5.00. The third-order valence-corrected chi connectivity index (χ3v) is 4.87. The molecule has 138 valence electrons. The molecule has 0 spiro atoms. The topological polar surface area (TPSA) is 66.9 Å². The average molecular weight is 361 g/mol. The van der Waals surface area contributed by atoms with E-state index in [-0.39, 0.29) is 24.1 Å². The Morgan fingerprint density at radius 1 is 1.19 bits per heavy atom. The number of fused-ring (bicyclic) bond motifs is 1. The lowest BCUT2D eigenvalue weighted by Gasteiger charge is -2.13. The van der Waals surface area contributed by atoms with Crippen LogP contribution >= 0.6 is 0 Å². The maximum atomic E-state index is 12.9. The molecule has 0 saturated carbocycles. The van der Waals surface area contributed by atoms with Gasteiger partial charge in [0.25, 0.3) is 11.5 Å². The fraction of sp³-hybridized carbons (Fsp3) is 0.333. The van der Waals surface area contributed by atoms with E-state index in [0.717, 1.165) is 27.7 Å². The van der Waals surface area contributed by atoms with Crippen molar-refractivity contribution in [1.29, 1.82) is 0 Å². The number of pyridine rings is 1. The Balaban J connectivity index is 1.98. The van der Waals surface area contributed by atoms with Gasteiger partial charge in [-0.25, -0.2) is 0 Å². The minimum absolute atomic E-state index is 0.167. The van der Waals surface area contributed by atoms with Crippen LogP contribution in [0.2, 0.25) is 0 Å². The first-order valence-corrected chi connectivity index (χ1v) is 9.07. The summed E-state index contributed by atoms with van der Waals surface area (Å²) in [5.41, 5.74) is 5.08. The zero-order valence-electron chi connectivity index (χ0n) is 16.4. The van der Waals surface area contributed by atoms with Crippen LogP contribution in [0, 0.1) is 20.8 Å². The fourth-order valence-electron chi connectivity index (χ4n) is 3.58. The number of H-pyrrole nitrogens is 1. The lowest BCUT2D eigenvalue weighted by atomic mass is 9.91. The maximum Gasteiger partial charge on any atom is 0.253 e. The number of aromatic nitrogens is 2. The third kappa shape index (κ3) is 3.57. The van der Waals surface area contributed by atoms with Crippen molar-refractivity contribution in [3.8, 4) is 0 Å². The van der Waals surface area contributed by atoms with Gasteiger partial charge in [0, 0.05) is 46.5 Å². The zero-order valence-corrected chi connectivity index (χ0v) is 16.4. The van der Waals surface area contributed by atoms with Crippen molar-refractivity contribution < 1.29 is 4.79 Å². The van der Waals surface area contributed by atoms with Gasteiger partial charge in [-0.15, -0.1) is 0 Å². The highest BCUT2D eigenvalue weighted by Crippen LogP contribution is 2.26. The third-order valence-electron chi connectivity index (χ3n) is 4.87. The van der Waals surface area contributed by atoms with E-state index in [9.17, 15) is 9.59 Å². The number of aryl methyl sites for hydroxylation is 3. The summed E-state index contributed by atoms with van der Waals surface area (Å²) in [6.45, 7) is 10.0. The Morgan fingerprint density at radius 2 is 1.89 bits per heavy atom. The quantitative estimate of drug-likeness (QED) is 0.702. The number of nitrogens with one attached hydrogen (secondary N) is 2. The van der Waals surface area contributed by atoms with Gasteiger partial charge in [-0.2, -0.15) is 0 Å². The molecular weight excluding hydrogens is 337 g/mol. The van der Waals surface area contributed by atoms with Crippen molar-refractivity contribution in [2.24, 2.45) is 0 Å². The van der Waals surface area contributed by atoms with Crippen LogP contribution in [0.4, 0.5) is 0 Å². The molecule has 0 bridgehead atoms. The van der Waals surface area contributed by atoms with E-state index in [1.54, 1.807) is 6.07 Å². The molecular formula is C21H24BN3O2. The molecule has 0 atom stereocenters. The van der Waals surface area contributed by atoms with Gasteiger partial charge < -0.3 is 14.9 Å². The van der Waals surface area contributed by atoms with Gasteiger partial charge in [0.15, 0.2) is 0 Å². The lowest BCUT2D eigenvalue weighted by Crippen LogP contribution is -2.28. The van der Waals surface area contributed by atoms with Crippen molar-refractivity contribution in [2.45, 2.75) is 47.2 Å². The average Bonchev–Trinajstić information content (AvgIpc) is 2.89. The molecule has 5 nitrogen and oxygen atoms in total. The molecule has 0 saturated heterocycles. The second-order valence-corrected chi connectivity index (χ2v) is 7.40. The number of benzene rings is 1. The van der Waals surface area contributed by atoms with Crippen molar-refractivity contribution in [1.82, 2.24) is 14.9 Å². The Labute approximate surface area is 160 Å². The molecule has 3 rings (SSSR count). The zero-order chi connectivity index (χ0) is 19.9. The second-order valence-electron chi connectivity index (χ2n) is 7.40. The molecule has 2 N–H and O–H groups in total. The molecule has 0 unspecified atom stereocenters. The van der Waals surface area contributed by atoms with E-state index in [4.69, 9.17) is 7.85 Å². The Hall–Kier alpha value is -2.76. The first-order valence-electron chi connectivity index (χ1n) is 9.07. The highest BCUT2D eigenvalue weighted by molar-refractivity contribution is 6.34. The minimum Gasteiger partial charge on any atom is -0.348 e. The van der Waals surface area contributed by atoms with E-state index in [1.165, 1.54) is 0 Å². The Morgan fingerprint density at radius 3 is 2.52 bits per heavy atom. The van der Waals surface area contributed by atoms with Crippen LogP contribution in [0.25, 0.3) is 10.9 Å². The predicted octanol–water partition coefficient (Wildman–Crippen LogP) is 2.56. The van der Waals surface area contributed by atoms with Crippen molar-refractivity contribution in [2.75, 3.05) is 0 Å². The summed E-state index contributed by atoms with van der Waals surface area (Å²) in [5, 5.41) is 3.77. The van der Waals surface area contributed by atoms with Gasteiger partial charge in [-0.05, 0) is 57.9 Å². The van der Waals surface area contributed by atoms with Crippen LogP contribution in [0.15, 0.2) is 29.2 Å². The molecule has 2 radical (unpaired) electrons. The van der Waals surface area contributed by atoms with Crippen molar-refractivity contribution in [3.63, 3.8) is 0 Å². The van der Waals surface area contributed by atoms with Gasteiger partial charge in [-0.1, -0.05) is 11.5 Å². The van der Waals surface area contributed by atoms with E-state index < -0.39 is 0 Å². The summed E-state index contributed by atoms with van der Waals surface area (Å²) < 4.78 is 2.12. The summed E-state index contributed by atoms with van der Waals surface area (Å²) in [6.07, 6.45) is 2.04. The number of amides is 1. The van der Waals surface area contributed by atoms with Crippen LogP contribution in [-0.2, 0) is 6.54 Å². The minimum atomic E-state index is -0.240. The summed E-state index contributed by atoms with van der Waals surface area (Å²) >= 11 is 0. The lowest BCUT2D eigenvalue weighted by molar-refractivity contribution is 0.0952. The van der Waals surface area contributed by atoms with E-state index in [2.05, 4.69) is 28.7 Å². The molecule has 3 aromatic rings. The van der Waals surface area contributed by atoms with Crippen LogP contribution in [0.5, 0.6) is 0 Å². The molecule has 0 aliphatic heterocycles. The normalized spacial score (nSPS) is 11.3. The molecule has 2 heterocycles. The Bertz CT molecular complexity index is 1090. The summed E-state index contributed by atoms with van der Waals surface area (Å²) in [4.78, 5) is 27.9. The van der Waals surface area contributed by atoms with Gasteiger partial charge in [0.1, 0.15) is 7.85 Å². The summed E-state index contributed by atoms with van der Waals surface area (Å²) in [6, 6.07) is 5.75. The number of hydrogen-bond donors (Lipinski definition) is 2. The first kappa shape index (κ1) is 19.0. The van der Waals surface area contributed by atoms with E-state index in [0.29, 0.717) is 16.6 Å². The van der Waals surface area contributed by atoms with Crippen LogP contribution in [0.1, 0.15) is 52.6 Å². The van der Waals surface area contributed by atoms with E-state index >= 15 is 0 Å². The summed E-state index contributed by atoms with van der Waals surface area (Å²) in [5.74, 6) is -0.240. The molecule has 2 aromatic heterocycles. The van der Waals surface area contributed by atoms with Crippen LogP contribution < -0.4 is 16.3 Å². The second kappa shape index (κ2) is 7.10. The van der Waals surface area contributed by atoms with Gasteiger partial charge in [0.2, 0.25) is 0 Å². The number of rotatable bonds is 4. The van der Waals surface area contributed by atoms with Crippen LogP contribution in [0.3, 0.4) is 0 Å². The molecule has 1 aromatic carbocycles. The molecule has 6 heteroatoms. The predicted molar refractivity (Wildman–Crippen MR) is 110 cm³/mol. The smallest absolute Gasteiger partial charge is 0.253 e. The SMILES string of the molecule is [B]c1cc(C(=O)NCc2c(C)cc(C)[nH]c2=O)c2c(C)cn(C(C)C)c2c1.